The number of esters is 2. The number of hydrogen-bond acceptors (Lipinski definition) is 31. The van der Waals surface area contributed by atoms with Crippen LogP contribution in [-0.4, -0.2) is 190 Å². The van der Waals surface area contributed by atoms with Gasteiger partial charge in [0.05, 0.1) is 43.1 Å². The Hall–Kier alpha value is -9.61. The quantitative estimate of drug-likeness (QED) is 0.0474. The third-order valence-corrected chi connectivity index (χ3v) is 20.7. The maximum atomic E-state index is 15.2. The van der Waals surface area contributed by atoms with E-state index in [9.17, 15) is 49.3 Å². The third-order valence-electron chi connectivity index (χ3n) is 16.2. The number of cyclic esters (lactones) is 2. The number of ether oxygens (including phenoxy) is 6. The number of aliphatic hydroxyl groups is 2. The maximum absolute atomic E-state index is 15.2. The van der Waals surface area contributed by atoms with Gasteiger partial charge in [0.1, 0.15) is 120 Å². The number of rotatable bonds is 7. The number of amides is 7. The number of likely N-dealkylation sites (N-methyl/N-ethyl adjacent to an activating group) is 1. The van der Waals surface area contributed by atoms with E-state index in [2.05, 4.69) is 36.2 Å². The normalized spacial score (nSPS) is 24.0. The number of hydrogen-bond donors (Lipinski definition) is 10. The van der Waals surface area contributed by atoms with Crippen molar-refractivity contribution >= 4 is 127 Å². The van der Waals surface area contributed by atoms with Gasteiger partial charge < -0.3 is 80.8 Å². The molecular formula is C60H58N14O19S5. The van der Waals surface area contributed by atoms with Gasteiger partial charge in [0.15, 0.2) is 18.1 Å². The van der Waals surface area contributed by atoms with E-state index in [0.717, 1.165) is 56.7 Å². The second kappa shape index (κ2) is 27.4. The van der Waals surface area contributed by atoms with Crippen molar-refractivity contribution in [2.24, 2.45) is 5.73 Å². The number of nitrogens with two attached hydrogens (primary N) is 1. The van der Waals surface area contributed by atoms with Crippen LogP contribution >= 0.6 is 56.7 Å². The number of aliphatic hydroxyl groups excluding tert-OH is 1. The smallest absolute Gasteiger partial charge is 0.358 e. The van der Waals surface area contributed by atoms with E-state index in [1.807, 2.05) is 5.32 Å². The van der Waals surface area contributed by atoms with Gasteiger partial charge in [-0.3, -0.25) is 38.9 Å². The first-order valence-electron chi connectivity index (χ1n) is 29.5. The number of allylic oxidation sites excluding steroid dienone is 1. The molecule has 1 aromatic carbocycles. The van der Waals surface area contributed by atoms with Gasteiger partial charge in [-0.25, -0.2) is 39.5 Å². The minimum atomic E-state index is -1.93. The maximum Gasteiger partial charge on any atom is 0.358 e. The van der Waals surface area contributed by atoms with Crippen LogP contribution in [0.2, 0.25) is 0 Å². The van der Waals surface area contributed by atoms with Crippen LogP contribution in [0.3, 0.4) is 0 Å². The number of carbonyl (C=O) groups is 9. The Bertz CT molecular complexity index is 4610. The number of methoxy groups -OCH3 is 1. The molecule has 4 aliphatic heterocycles. The standard InChI is InChI=1S/C60H58N14O19S5/c1-21(75)37-51(82)70-38(22(2)88-7)55-65-31(19-96-55)49(80)71-41-43-44(93-35-12-60(4,86)45(73(5)6)23(3)92-35)59(85)90-13-24-9-8-10-33-36(24)26(14-89-43)42(74(33)87)58(84)91-15-27(62-47(78)29-18-98-57(41)67-29)54-63-28(16-95-54)39-25(53-64-30(17-94-53)48(79)69-37)11-34(76)40(68-39)56-66-32(20-97-56)50(81)72-52(83)46(61)77/h8-11,16-21,23,27,35,37,41,43-45,75-76,86-87H,12-15H2,1-7H3,(H2,61,77)(H,62,78)(H,69,79)(H,70,82)(H,71,80)(H,72,81,83)/b38-22+/t21-,23+,27+,35+,37+,41+,43+,44+,45-,60+/m1/s1. The van der Waals surface area contributed by atoms with E-state index < -0.39 is 145 Å². The molecule has 7 aromatic heterocycles. The Morgan fingerprint density at radius 1 is 0.837 bits per heavy atom. The van der Waals surface area contributed by atoms with Gasteiger partial charge in [0.25, 0.3) is 23.6 Å². The fraction of sp³-hybridized carbons (Fsp3) is 0.350. The molecule has 12 bridgehead atoms. The fourth-order valence-corrected chi connectivity index (χ4v) is 15.9. The minimum Gasteiger partial charge on any atom is -0.506 e. The van der Waals surface area contributed by atoms with Gasteiger partial charge in [-0.05, 0) is 59.5 Å². The number of carbonyl (C=O) groups excluding carboxylic acids is 9. The molecule has 0 saturated carbocycles. The van der Waals surface area contributed by atoms with E-state index in [1.165, 1.54) is 60.0 Å². The lowest BCUT2D eigenvalue weighted by atomic mass is 9.85. The Morgan fingerprint density at radius 3 is 2.21 bits per heavy atom. The van der Waals surface area contributed by atoms with Crippen molar-refractivity contribution in [1.82, 2.24) is 66.1 Å². The van der Waals surface area contributed by atoms with Gasteiger partial charge in [0, 0.05) is 49.8 Å². The molecule has 512 valence electrons. The molecule has 0 spiro atoms. The zero-order chi connectivity index (χ0) is 69.9. The Balaban J connectivity index is 1.04. The highest BCUT2D eigenvalue weighted by atomic mass is 32.1. The summed E-state index contributed by atoms with van der Waals surface area (Å²) in [5.41, 5.74) is 1.73. The van der Waals surface area contributed by atoms with Crippen LogP contribution in [0, 0.1) is 0 Å². The molecule has 10 atom stereocenters. The molecular weight excluding hydrogens is 1380 g/mol. The molecule has 11 heterocycles. The first-order chi connectivity index (χ1) is 46.7. The fourth-order valence-electron chi connectivity index (χ4n) is 11.7. The zero-order valence-corrected chi connectivity index (χ0v) is 56.4. The van der Waals surface area contributed by atoms with E-state index >= 15 is 14.4 Å². The number of benzene rings is 1. The predicted molar refractivity (Wildman–Crippen MR) is 346 cm³/mol. The van der Waals surface area contributed by atoms with Crippen molar-refractivity contribution in [3.63, 3.8) is 0 Å². The van der Waals surface area contributed by atoms with Crippen LogP contribution in [-0.2, 0) is 60.8 Å². The molecule has 8 aromatic rings. The summed E-state index contributed by atoms with van der Waals surface area (Å²) in [6.45, 7) is 4.16. The number of primary amides is 1. The average molecular weight is 1440 g/mol. The van der Waals surface area contributed by atoms with E-state index in [1.54, 1.807) is 45.0 Å². The molecule has 0 aliphatic carbocycles. The zero-order valence-electron chi connectivity index (χ0n) is 52.3. The number of aromatic hydroxyl groups is 1. The van der Waals surface area contributed by atoms with Crippen LogP contribution in [0.15, 0.2) is 56.9 Å². The first-order valence-corrected chi connectivity index (χ1v) is 33.9. The minimum absolute atomic E-state index is 0.00193. The lowest BCUT2D eigenvalue weighted by Gasteiger charge is -2.48. The second-order valence-corrected chi connectivity index (χ2v) is 27.5. The number of nitrogens with one attached hydrogen (secondary N) is 5. The van der Waals surface area contributed by atoms with E-state index in [-0.39, 0.29) is 110 Å². The van der Waals surface area contributed by atoms with Crippen molar-refractivity contribution in [1.29, 1.82) is 0 Å². The van der Waals surface area contributed by atoms with Crippen LogP contribution in [0.25, 0.3) is 49.3 Å². The van der Waals surface area contributed by atoms with Gasteiger partial charge in [-0.1, -0.05) is 12.1 Å². The molecule has 7 amide bonds. The van der Waals surface area contributed by atoms with Gasteiger partial charge >= 0.3 is 23.8 Å². The van der Waals surface area contributed by atoms with Crippen LogP contribution in [0.4, 0.5) is 0 Å². The molecule has 0 unspecified atom stereocenters. The third kappa shape index (κ3) is 13.3. The number of nitrogens with zero attached hydrogens (tertiary/aromatic N) is 8. The number of thiazole rings is 5. The summed E-state index contributed by atoms with van der Waals surface area (Å²) in [5, 5.41) is 66.4. The number of fused-ring (bicyclic) bond motifs is 15. The molecule has 38 heteroatoms. The lowest BCUT2D eigenvalue weighted by Crippen LogP contribution is -2.62. The van der Waals surface area contributed by atoms with E-state index in [0.29, 0.717) is 4.73 Å². The van der Waals surface area contributed by atoms with Gasteiger partial charge in [0.2, 0.25) is 5.91 Å². The molecule has 1 fully saturated rings. The molecule has 98 heavy (non-hydrogen) atoms. The first kappa shape index (κ1) is 68.3. The number of imide groups is 1. The average Bonchev–Trinajstić information content (AvgIpc) is 1.65. The Labute approximate surface area is 572 Å². The molecule has 1 saturated heterocycles. The highest BCUT2D eigenvalue weighted by Gasteiger charge is 2.50. The van der Waals surface area contributed by atoms with Crippen LogP contribution in [0.1, 0.15) is 125 Å². The topological polar surface area (TPSA) is 462 Å². The van der Waals surface area contributed by atoms with Crippen molar-refractivity contribution in [2.75, 3.05) is 27.8 Å². The van der Waals surface area contributed by atoms with Crippen molar-refractivity contribution in [3.05, 3.63) is 112 Å². The molecule has 0 radical (unpaired) electrons. The second-order valence-electron chi connectivity index (χ2n) is 23.2. The SMILES string of the molecule is CO/C(C)=C1/NC(=O)[C@H]([C@@H](C)O)NC(=O)c2csc(n2)-c2cc(O)c(-c3nc(C(=O)NC(=O)C(N)=O)cs3)nc2-c2csc(n2)[C@@H]2COC(=O)c3c4c5c(cccc5n3O)COC(=O)[C@@H](O[C@H]3C[C@](C)(O)[C@H](N(C)C)[C@H](C)O3)[C@@H](OC4)[C@H](NC(=O)c3csc1n3)c1nc(cs1)C(=O)N2. The summed E-state index contributed by atoms with van der Waals surface area (Å²) in [5.74, 6) is -10.5. The summed E-state index contributed by atoms with van der Waals surface area (Å²) in [6.07, 6.45) is -7.61. The van der Waals surface area contributed by atoms with Crippen molar-refractivity contribution in [3.8, 4) is 38.4 Å². The molecule has 12 rings (SSSR count). The molecule has 11 N–H and O–H groups in total. The van der Waals surface area contributed by atoms with Crippen molar-refractivity contribution in [2.45, 2.75) is 108 Å². The van der Waals surface area contributed by atoms with Gasteiger partial charge in [-0.15, -0.1) is 56.7 Å². The monoisotopic (exact) mass is 1440 g/mol. The van der Waals surface area contributed by atoms with E-state index in [4.69, 9.17) is 49.1 Å². The highest BCUT2D eigenvalue weighted by molar-refractivity contribution is 7.14. The molecule has 4 aliphatic rings. The van der Waals surface area contributed by atoms with Crippen molar-refractivity contribution < 1.29 is 92.1 Å². The van der Waals surface area contributed by atoms with Gasteiger partial charge in [-0.2, -0.15) is 4.73 Å². The Kier molecular flexibility index (Phi) is 19.1. The number of pyridine rings is 1. The van der Waals surface area contributed by atoms with Crippen LogP contribution < -0.4 is 32.3 Å². The summed E-state index contributed by atoms with van der Waals surface area (Å²) >= 11 is 4.31. The predicted octanol–water partition coefficient (Wildman–Crippen LogP) is 2.90. The van der Waals surface area contributed by atoms with Crippen LogP contribution in [0.5, 0.6) is 5.75 Å². The summed E-state index contributed by atoms with van der Waals surface area (Å²) in [6, 6.07) is 0.513. The lowest BCUT2D eigenvalue weighted by molar-refractivity contribution is -0.280. The molecule has 33 nitrogen and oxygen atoms in total. The summed E-state index contributed by atoms with van der Waals surface area (Å²) in [4.78, 5) is 155. The highest BCUT2D eigenvalue weighted by Crippen LogP contribution is 2.43. The Morgan fingerprint density at radius 2 is 1.50 bits per heavy atom. The summed E-state index contributed by atoms with van der Waals surface area (Å²) < 4.78 is 38.1. The largest absolute Gasteiger partial charge is 0.506 e. The number of aromatic nitrogens is 7. The summed E-state index contributed by atoms with van der Waals surface area (Å²) in [7, 11) is 4.82.